The van der Waals surface area contributed by atoms with Gasteiger partial charge in [-0.3, -0.25) is 4.79 Å². The summed E-state index contributed by atoms with van der Waals surface area (Å²) in [6.07, 6.45) is 1.89. The third-order valence-electron chi connectivity index (χ3n) is 5.80. The fraction of sp³-hybridized carbons (Fsp3) is 0.217. The van der Waals surface area contributed by atoms with Crippen LogP contribution in [0.25, 0.3) is 11.1 Å². The van der Waals surface area contributed by atoms with Crippen molar-refractivity contribution in [2.45, 2.75) is 18.9 Å². The summed E-state index contributed by atoms with van der Waals surface area (Å²) in [4.78, 5) is 29.9. The molecule has 3 aromatic rings. The van der Waals surface area contributed by atoms with Crippen molar-refractivity contribution in [2.75, 3.05) is 13.2 Å². The van der Waals surface area contributed by atoms with Gasteiger partial charge >= 0.3 is 6.09 Å². The minimum Gasteiger partial charge on any atom is -0.448 e. The summed E-state index contributed by atoms with van der Waals surface area (Å²) < 4.78 is 6.20. The Morgan fingerprint density at radius 3 is 2.45 bits per heavy atom. The van der Waals surface area contributed by atoms with Gasteiger partial charge in [-0.05, 0) is 38.2 Å². The van der Waals surface area contributed by atoms with Crippen LogP contribution >= 0.6 is 15.9 Å². The molecule has 0 unspecified atom stereocenters. The van der Waals surface area contributed by atoms with Crippen molar-refractivity contribution in [1.29, 1.82) is 0 Å². The predicted octanol–water partition coefficient (Wildman–Crippen LogP) is 4.44. The van der Waals surface area contributed by atoms with Gasteiger partial charge in [0.15, 0.2) is 0 Å². The van der Waals surface area contributed by atoms with E-state index in [1.54, 1.807) is 11.1 Å². The zero-order valence-corrected chi connectivity index (χ0v) is 17.2. The number of pyridine rings is 1. The number of fused-ring (bicyclic) bond motifs is 4. The Labute approximate surface area is 176 Å². The molecule has 0 fully saturated rings. The molecule has 1 N–H and O–H groups in total. The SMILES string of the molecule is O=C(OCC1c2ccccc2-c2ccccc21)N1CCc2[nH]cc(Br)c(=O)c2C1. The smallest absolute Gasteiger partial charge is 0.410 e. The molecule has 1 amide bonds. The number of carbonyl (C=O) groups excluding carboxylic acids is 1. The van der Waals surface area contributed by atoms with Crippen molar-refractivity contribution in [3.8, 4) is 11.1 Å². The quantitative estimate of drug-likeness (QED) is 0.627. The van der Waals surface area contributed by atoms with E-state index in [1.807, 2.05) is 24.3 Å². The number of H-pyrrole nitrogens is 1. The molecule has 1 aliphatic carbocycles. The normalized spacial score (nSPS) is 14.9. The summed E-state index contributed by atoms with van der Waals surface area (Å²) in [5.41, 5.74) is 6.21. The monoisotopic (exact) mass is 450 g/mol. The lowest BCUT2D eigenvalue weighted by molar-refractivity contribution is 0.0949. The van der Waals surface area contributed by atoms with Gasteiger partial charge in [0.25, 0.3) is 0 Å². The summed E-state index contributed by atoms with van der Waals surface area (Å²) >= 11 is 3.26. The highest BCUT2D eigenvalue weighted by molar-refractivity contribution is 9.10. The van der Waals surface area contributed by atoms with Crippen molar-refractivity contribution in [3.05, 3.63) is 91.8 Å². The predicted molar refractivity (Wildman–Crippen MR) is 114 cm³/mol. The molecule has 0 spiro atoms. The van der Waals surface area contributed by atoms with Crippen molar-refractivity contribution in [2.24, 2.45) is 0 Å². The van der Waals surface area contributed by atoms with Crippen LogP contribution in [0.1, 0.15) is 28.3 Å². The fourth-order valence-corrected chi connectivity index (χ4v) is 4.69. The highest BCUT2D eigenvalue weighted by Gasteiger charge is 2.30. The maximum absolute atomic E-state index is 12.8. The number of halogens is 1. The van der Waals surface area contributed by atoms with Gasteiger partial charge in [0, 0.05) is 36.3 Å². The number of nitrogens with one attached hydrogen (secondary N) is 1. The van der Waals surface area contributed by atoms with E-state index in [0.717, 1.165) is 5.69 Å². The third kappa shape index (κ3) is 3.08. The molecule has 0 saturated heterocycles. The molecule has 2 heterocycles. The zero-order valence-electron chi connectivity index (χ0n) is 15.7. The van der Waals surface area contributed by atoms with Gasteiger partial charge in [-0.15, -0.1) is 0 Å². The Morgan fingerprint density at radius 2 is 1.76 bits per heavy atom. The second-order valence-electron chi connectivity index (χ2n) is 7.40. The average Bonchev–Trinajstić information content (AvgIpc) is 3.08. The lowest BCUT2D eigenvalue weighted by atomic mass is 9.98. The number of carbonyl (C=O) groups is 1. The minimum absolute atomic E-state index is 0.0287. The molecule has 1 aliphatic heterocycles. The number of aromatic amines is 1. The van der Waals surface area contributed by atoms with Crippen molar-refractivity contribution >= 4 is 22.0 Å². The Hall–Kier alpha value is -2.86. The van der Waals surface area contributed by atoms with Gasteiger partial charge in [-0.25, -0.2) is 4.79 Å². The second kappa shape index (κ2) is 7.19. The average molecular weight is 451 g/mol. The van der Waals surface area contributed by atoms with Crippen LogP contribution in [-0.2, 0) is 17.7 Å². The molecule has 5 nitrogen and oxygen atoms in total. The number of hydrogen-bond acceptors (Lipinski definition) is 3. The lowest BCUT2D eigenvalue weighted by Gasteiger charge is -2.28. The van der Waals surface area contributed by atoms with Crippen molar-refractivity contribution < 1.29 is 9.53 Å². The largest absolute Gasteiger partial charge is 0.448 e. The van der Waals surface area contributed by atoms with Crippen LogP contribution in [0.5, 0.6) is 0 Å². The van der Waals surface area contributed by atoms with E-state index >= 15 is 0 Å². The molecule has 0 radical (unpaired) electrons. The first-order valence-corrected chi connectivity index (χ1v) is 10.4. The van der Waals surface area contributed by atoms with Crippen LogP contribution in [0, 0.1) is 0 Å². The standard InChI is InChI=1S/C23H19BrN2O3/c24-20-11-25-21-9-10-26(12-18(21)22(20)27)23(28)29-13-19-16-7-3-1-5-14(16)15-6-2-4-8-17(15)19/h1-8,11,19H,9-10,12-13H2,(H,25,27). The van der Waals surface area contributed by atoms with E-state index in [0.29, 0.717) is 23.0 Å². The number of rotatable bonds is 2. The van der Waals surface area contributed by atoms with Crippen molar-refractivity contribution in [1.82, 2.24) is 9.88 Å². The van der Waals surface area contributed by atoms with Crippen molar-refractivity contribution in [3.63, 3.8) is 0 Å². The van der Waals surface area contributed by atoms with Gasteiger partial charge in [0.2, 0.25) is 5.43 Å². The molecule has 146 valence electrons. The molecular weight excluding hydrogens is 432 g/mol. The number of hydrogen-bond donors (Lipinski definition) is 1. The molecule has 0 bridgehead atoms. The Bertz CT molecular complexity index is 1130. The van der Waals surface area contributed by atoms with E-state index in [2.05, 4.69) is 45.2 Å². The molecule has 6 heteroatoms. The third-order valence-corrected chi connectivity index (χ3v) is 6.39. The first-order chi connectivity index (χ1) is 14.1. The van der Waals surface area contributed by atoms with Gasteiger partial charge in [0.05, 0.1) is 11.0 Å². The van der Waals surface area contributed by atoms with E-state index in [-0.39, 0.29) is 30.6 Å². The Kier molecular flexibility index (Phi) is 4.51. The van der Waals surface area contributed by atoms with Crippen LogP contribution in [0.2, 0.25) is 0 Å². The molecular formula is C23H19BrN2O3. The Morgan fingerprint density at radius 1 is 1.10 bits per heavy atom. The van der Waals surface area contributed by atoms with Crippen LogP contribution in [0.4, 0.5) is 4.79 Å². The number of benzene rings is 2. The highest BCUT2D eigenvalue weighted by Crippen LogP contribution is 2.44. The van der Waals surface area contributed by atoms with Crippen LogP contribution in [0.3, 0.4) is 0 Å². The number of amides is 1. The van der Waals surface area contributed by atoms with Crippen LogP contribution in [0.15, 0.2) is 64.0 Å². The van der Waals surface area contributed by atoms with Gasteiger partial charge in [0.1, 0.15) is 6.61 Å². The summed E-state index contributed by atoms with van der Waals surface area (Å²) in [6, 6.07) is 16.5. The molecule has 0 saturated carbocycles. The first kappa shape index (κ1) is 18.2. The maximum Gasteiger partial charge on any atom is 0.410 e. The summed E-state index contributed by atoms with van der Waals surface area (Å²) in [5.74, 6) is 0.0287. The first-order valence-electron chi connectivity index (χ1n) is 9.62. The van der Waals surface area contributed by atoms with Crippen LogP contribution in [-0.4, -0.2) is 29.1 Å². The second-order valence-corrected chi connectivity index (χ2v) is 8.25. The molecule has 2 aromatic carbocycles. The number of nitrogens with zero attached hydrogens (tertiary/aromatic N) is 1. The van der Waals surface area contributed by atoms with Gasteiger partial charge in [-0.1, -0.05) is 48.5 Å². The topological polar surface area (TPSA) is 62.4 Å². The molecule has 5 rings (SSSR count). The number of ether oxygens (including phenoxy) is 1. The Balaban J connectivity index is 1.34. The fourth-order valence-electron chi connectivity index (χ4n) is 4.33. The summed E-state index contributed by atoms with van der Waals surface area (Å²) in [7, 11) is 0. The minimum atomic E-state index is -0.378. The molecule has 29 heavy (non-hydrogen) atoms. The molecule has 1 aromatic heterocycles. The molecule has 0 atom stereocenters. The lowest BCUT2D eigenvalue weighted by Crippen LogP contribution is -2.39. The van der Waals surface area contributed by atoms with E-state index in [1.165, 1.54) is 22.3 Å². The summed E-state index contributed by atoms with van der Waals surface area (Å²) in [6.45, 7) is 1.08. The zero-order chi connectivity index (χ0) is 20.0. The van der Waals surface area contributed by atoms with Crippen LogP contribution < -0.4 is 5.43 Å². The van der Waals surface area contributed by atoms with E-state index in [4.69, 9.17) is 4.74 Å². The number of aromatic nitrogens is 1. The van der Waals surface area contributed by atoms with E-state index < -0.39 is 0 Å². The maximum atomic E-state index is 12.8. The molecule has 2 aliphatic rings. The highest BCUT2D eigenvalue weighted by atomic mass is 79.9. The summed E-state index contributed by atoms with van der Waals surface area (Å²) in [5, 5.41) is 0. The van der Waals surface area contributed by atoms with E-state index in [9.17, 15) is 9.59 Å². The van der Waals surface area contributed by atoms with Gasteiger partial charge in [-0.2, -0.15) is 0 Å². The van der Waals surface area contributed by atoms with Gasteiger partial charge < -0.3 is 14.6 Å².